The number of ether oxygens (including phenoxy) is 1. The van der Waals surface area contributed by atoms with E-state index in [9.17, 15) is 4.79 Å². The number of benzene rings is 1. The highest BCUT2D eigenvalue weighted by Crippen LogP contribution is 2.08. The topological polar surface area (TPSA) is 50.4 Å². The second kappa shape index (κ2) is 7.05. The summed E-state index contributed by atoms with van der Waals surface area (Å²) in [5.74, 6) is -0.280. The largest absolute Gasteiger partial charge is 0.462 e. The van der Waals surface area contributed by atoms with Crippen molar-refractivity contribution in [1.82, 2.24) is 10.6 Å². The minimum atomic E-state index is -0.280. The normalized spacial score (nSPS) is 14.6. The lowest BCUT2D eigenvalue weighted by atomic mass is 10.1. The number of esters is 1. The molecule has 0 aromatic heterocycles. The van der Waals surface area contributed by atoms with E-state index in [4.69, 9.17) is 17.0 Å². The zero-order valence-corrected chi connectivity index (χ0v) is 12.3. The molecular formula is C15H18N2O2S. The summed E-state index contributed by atoms with van der Waals surface area (Å²) >= 11 is 4.97. The Morgan fingerprint density at radius 1 is 1.35 bits per heavy atom. The van der Waals surface area contributed by atoms with Crippen LogP contribution in [0.15, 0.2) is 41.6 Å². The molecule has 2 N–H and O–H groups in total. The zero-order valence-electron chi connectivity index (χ0n) is 11.4. The fourth-order valence-electron chi connectivity index (χ4n) is 1.99. The van der Waals surface area contributed by atoms with Gasteiger partial charge in [0.25, 0.3) is 0 Å². The predicted molar refractivity (Wildman–Crippen MR) is 82.2 cm³/mol. The SMILES string of the molecule is CC1=C(C(=O)OCCCc2ccccc2)CNC(=S)N1. The van der Waals surface area contributed by atoms with Crippen molar-refractivity contribution in [2.75, 3.05) is 13.2 Å². The molecule has 1 aliphatic rings. The number of thiocarbonyl (C=S) groups is 1. The summed E-state index contributed by atoms with van der Waals surface area (Å²) < 4.78 is 5.29. The average molecular weight is 290 g/mol. The van der Waals surface area contributed by atoms with Gasteiger partial charge in [-0.2, -0.15) is 0 Å². The molecule has 0 atom stereocenters. The van der Waals surface area contributed by atoms with Gasteiger partial charge in [0.15, 0.2) is 5.11 Å². The van der Waals surface area contributed by atoms with Gasteiger partial charge in [-0.3, -0.25) is 0 Å². The van der Waals surface area contributed by atoms with Crippen molar-refractivity contribution in [3.05, 3.63) is 47.2 Å². The molecule has 0 radical (unpaired) electrons. The Morgan fingerprint density at radius 3 is 2.80 bits per heavy atom. The van der Waals surface area contributed by atoms with Crippen LogP contribution in [0.3, 0.4) is 0 Å². The third kappa shape index (κ3) is 4.06. The van der Waals surface area contributed by atoms with Crippen LogP contribution in [0.4, 0.5) is 0 Å². The number of hydrogen-bond donors (Lipinski definition) is 2. The number of allylic oxidation sites excluding steroid dienone is 1. The van der Waals surface area contributed by atoms with Crippen LogP contribution in [0.25, 0.3) is 0 Å². The summed E-state index contributed by atoms with van der Waals surface area (Å²) in [5, 5.41) is 6.39. The molecule has 0 unspecified atom stereocenters. The molecule has 2 rings (SSSR count). The van der Waals surface area contributed by atoms with Crippen molar-refractivity contribution in [2.24, 2.45) is 0 Å². The summed E-state index contributed by atoms with van der Waals surface area (Å²) in [4.78, 5) is 11.9. The van der Waals surface area contributed by atoms with Crippen LogP contribution in [0.1, 0.15) is 18.9 Å². The van der Waals surface area contributed by atoms with Gasteiger partial charge in [-0.05, 0) is 37.5 Å². The zero-order chi connectivity index (χ0) is 14.4. The van der Waals surface area contributed by atoms with Gasteiger partial charge in [-0.25, -0.2) is 4.79 Å². The van der Waals surface area contributed by atoms with Gasteiger partial charge in [0.1, 0.15) is 0 Å². The summed E-state index contributed by atoms with van der Waals surface area (Å²) in [7, 11) is 0. The maximum atomic E-state index is 11.9. The van der Waals surface area contributed by atoms with Crippen molar-refractivity contribution in [1.29, 1.82) is 0 Å². The standard InChI is InChI=1S/C15H18N2O2S/c1-11-13(10-16-15(20)17-11)14(18)19-9-5-8-12-6-3-2-4-7-12/h2-4,6-7H,5,8-10H2,1H3,(H2,16,17,20). The van der Waals surface area contributed by atoms with Crippen LogP contribution in [0.2, 0.25) is 0 Å². The molecule has 0 amide bonds. The Morgan fingerprint density at radius 2 is 2.10 bits per heavy atom. The van der Waals surface area contributed by atoms with Crippen molar-refractivity contribution in [3.8, 4) is 0 Å². The Balaban J connectivity index is 1.75. The van der Waals surface area contributed by atoms with Gasteiger partial charge in [0.2, 0.25) is 0 Å². The van der Waals surface area contributed by atoms with Gasteiger partial charge in [0.05, 0.1) is 18.7 Å². The van der Waals surface area contributed by atoms with Crippen LogP contribution in [0, 0.1) is 0 Å². The van der Waals surface area contributed by atoms with Crippen LogP contribution in [-0.4, -0.2) is 24.2 Å². The first-order valence-electron chi connectivity index (χ1n) is 6.62. The van der Waals surface area contributed by atoms with E-state index in [1.165, 1.54) is 5.56 Å². The Kier molecular flexibility index (Phi) is 5.12. The lowest BCUT2D eigenvalue weighted by Crippen LogP contribution is -2.42. The molecule has 5 heteroatoms. The van der Waals surface area contributed by atoms with E-state index in [1.807, 2.05) is 25.1 Å². The predicted octanol–water partition coefficient (Wildman–Crippen LogP) is 1.91. The molecule has 4 nitrogen and oxygen atoms in total. The summed E-state index contributed by atoms with van der Waals surface area (Å²) in [5.41, 5.74) is 2.63. The van der Waals surface area contributed by atoms with Crippen LogP contribution < -0.4 is 10.6 Å². The number of nitrogens with one attached hydrogen (secondary N) is 2. The molecule has 0 aliphatic carbocycles. The fraction of sp³-hybridized carbons (Fsp3) is 0.333. The highest BCUT2D eigenvalue weighted by Gasteiger charge is 2.19. The molecule has 0 saturated carbocycles. The van der Waals surface area contributed by atoms with E-state index in [-0.39, 0.29) is 5.97 Å². The first kappa shape index (κ1) is 14.5. The molecule has 0 fully saturated rings. The first-order chi connectivity index (χ1) is 9.66. The molecule has 1 heterocycles. The summed E-state index contributed by atoms with van der Waals surface area (Å²) in [6.45, 7) is 2.68. The number of rotatable bonds is 5. The second-order valence-electron chi connectivity index (χ2n) is 4.64. The molecule has 1 aromatic rings. The molecule has 20 heavy (non-hydrogen) atoms. The molecule has 1 aliphatic heterocycles. The van der Waals surface area contributed by atoms with Gasteiger partial charge < -0.3 is 15.4 Å². The van der Waals surface area contributed by atoms with E-state index in [0.29, 0.717) is 23.8 Å². The van der Waals surface area contributed by atoms with Crippen LogP contribution in [0.5, 0.6) is 0 Å². The van der Waals surface area contributed by atoms with Crippen LogP contribution in [-0.2, 0) is 16.0 Å². The van der Waals surface area contributed by atoms with Gasteiger partial charge in [-0.15, -0.1) is 0 Å². The van der Waals surface area contributed by atoms with E-state index in [0.717, 1.165) is 18.5 Å². The van der Waals surface area contributed by atoms with E-state index in [2.05, 4.69) is 22.8 Å². The quantitative estimate of drug-likeness (QED) is 0.493. The minimum Gasteiger partial charge on any atom is -0.462 e. The maximum absolute atomic E-state index is 11.9. The monoisotopic (exact) mass is 290 g/mol. The first-order valence-corrected chi connectivity index (χ1v) is 7.03. The fourth-order valence-corrected chi connectivity index (χ4v) is 2.21. The molecule has 1 aromatic carbocycles. The number of hydrogen-bond acceptors (Lipinski definition) is 3. The number of carbonyl (C=O) groups is 1. The smallest absolute Gasteiger partial charge is 0.337 e. The molecule has 106 valence electrons. The molecule has 0 bridgehead atoms. The van der Waals surface area contributed by atoms with Gasteiger partial charge in [-0.1, -0.05) is 30.3 Å². The lowest BCUT2D eigenvalue weighted by molar-refractivity contribution is -0.139. The maximum Gasteiger partial charge on any atom is 0.337 e. The van der Waals surface area contributed by atoms with E-state index in [1.54, 1.807) is 0 Å². The van der Waals surface area contributed by atoms with E-state index < -0.39 is 0 Å². The third-order valence-corrected chi connectivity index (χ3v) is 3.36. The second-order valence-corrected chi connectivity index (χ2v) is 5.04. The molecular weight excluding hydrogens is 272 g/mol. The van der Waals surface area contributed by atoms with Crippen molar-refractivity contribution in [2.45, 2.75) is 19.8 Å². The average Bonchev–Trinajstić information content (AvgIpc) is 2.44. The summed E-state index contributed by atoms with van der Waals surface area (Å²) in [6.07, 6.45) is 1.73. The minimum absolute atomic E-state index is 0.280. The highest BCUT2D eigenvalue weighted by molar-refractivity contribution is 7.80. The lowest BCUT2D eigenvalue weighted by Gasteiger charge is -2.20. The number of aryl methyl sites for hydroxylation is 1. The molecule has 0 spiro atoms. The Hall–Kier alpha value is -1.88. The molecule has 0 saturated heterocycles. The Labute approximate surface area is 124 Å². The van der Waals surface area contributed by atoms with Crippen molar-refractivity contribution >= 4 is 23.3 Å². The van der Waals surface area contributed by atoms with Gasteiger partial charge >= 0.3 is 5.97 Å². The van der Waals surface area contributed by atoms with E-state index >= 15 is 0 Å². The van der Waals surface area contributed by atoms with Crippen molar-refractivity contribution in [3.63, 3.8) is 0 Å². The van der Waals surface area contributed by atoms with Crippen molar-refractivity contribution < 1.29 is 9.53 Å². The third-order valence-electron chi connectivity index (χ3n) is 3.11. The Bertz CT molecular complexity index is 526. The van der Waals surface area contributed by atoms with Crippen LogP contribution >= 0.6 is 12.2 Å². The number of carbonyl (C=O) groups excluding carboxylic acids is 1. The highest BCUT2D eigenvalue weighted by atomic mass is 32.1. The summed E-state index contributed by atoms with van der Waals surface area (Å²) in [6, 6.07) is 10.2. The van der Waals surface area contributed by atoms with Gasteiger partial charge in [0, 0.05) is 5.70 Å².